The van der Waals surface area contributed by atoms with Crippen molar-refractivity contribution in [1.29, 1.82) is 0 Å². The first-order valence-electron chi connectivity index (χ1n) is 6.27. The second-order valence-electron chi connectivity index (χ2n) is 5.05. The molecule has 0 atom stereocenters. The Balaban J connectivity index is 1.78. The van der Waals surface area contributed by atoms with Gasteiger partial charge in [0, 0.05) is 29.8 Å². The van der Waals surface area contributed by atoms with Gasteiger partial charge in [-0.15, -0.1) is 0 Å². The Bertz CT molecular complexity index is 342. The molecule has 17 heavy (non-hydrogen) atoms. The molecule has 2 N–H and O–H groups in total. The molecule has 1 saturated carbocycles. The standard InChI is InChI=1S/C12H22N4S/c1-9-8-12(14-13-9)10-4-6-11(7-5-10)15-17-16(2)3/h8,10-11,15H,4-7H2,1-3H3,(H,13,14). The van der Waals surface area contributed by atoms with Gasteiger partial charge in [0.15, 0.2) is 0 Å². The highest BCUT2D eigenvalue weighted by molar-refractivity contribution is 7.95. The lowest BCUT2D eigenvalue weighted by Gasteiger charge is -2.28. The lowest BCUT2D eigenvalue weighted by Crippen LogP contribution is -2.30. The molecule has 0 radical (unpaired) electrons. The largest absolute Gasteiger partial charge is 0.283 e. The van der Waals surface area contributed by atoms with Crippen LogP contribution in [0.25, 0.3) is 0 Å². The molecule has 1 aromatic rings. The molecule has 0 aromatic carbocycles. The van der Waals surface area contributed by atoms with E-state index in [4.69, 9.17) is 0 Å². The van der Waals surface area contributed by atoms with Crippen molar-refractivity contribution >= 4 is 12.1 Å². The Kier molecular flexibility index (Phi) is 4.48. The molecule has 0 aliphatic heterocycles. The summed E-state index contributed by atoms with van der Waals surface area (Å²) in [5.74, 6) is 0.655. The lowest BCUT2D eigenvalue weighted by molar-refractivity contribution is 0.375. The molecule has 0 bridgehead atoms. The van der Waals surface area contributed by atoms with Crippen LogP contribution in [0.1, 0.15) is 43.0 Å². The summed E-state index contributed by atoms with van der Waals surface area (Å²) in [5.41, 5.74) is 2.42. The number of hydrogen-bond acceptors (Lipinski definition) is 4. The molecule has 1 fully saturated rings. The van der Waals surface area contributed by atoms with E-state index >= 15 is 0 Å². The van der Waals surface area contributed by atoms with Gasteiger partial charge < -0.3 is 0 Å². The Morgan fingerprint density at radius 2 is 2.06 bits per heavy atom. The second kappa shape index (κ2) is 5.89. The van der Waals surface area contributed by atoms with Crippen LogP contribution in [0.3, 0.4) is 0 Å². The third-order valence-electron chi connectivity index (χ3n) is 3.27. The van der Waals surface area contributed by atoms with E-state index in [1.54, 1.807) is 12.1 Å². The van der Waals surface area contributed by atoms with Crippen molar-refractivity contribution in [3.8, 4) is 0 Å². The predicted octanol–water partition coefficient (Wildman–Crippen LogP) is 2.46. The van der Waals surface area contributed by atoms with E-state index in [2.05, 4.69) is 46.3 Å². The van der Waals surface area contributed by atoms with Gasteiger partial charge in [0.25, 0.3) is 0 Å². The molecule has 1 aliphatic carbocycles. The minimum Gasteiger partial charge on any atom is -0.283 e. The van der Waals surface area contributed by atoms with E-state index in [-0.39, 0.29) is 0 Å². The molecule has 4 nitrogen and oxygen atoms in total. The molecule has 0 saturated heterocycles. The van der Waals surface area contributed by atoms with Crippen LogP contribution in [0, 0.1) is 6.92 Å². The molecule has 96 valence electrons. The van der Waals surface area contributed by atoms with E-state index in [0.29, 0.717) is 12.0 Å². The highest BCUT2D eigenvalue weighted by atomic mass is 32.2. The number of rotatable bonds is 4. The van der Waals surface area contributed by atoms with E-state index < -0.39 is 0 Å². The van der Waals surface area contributed by atoms with E-state index in [9.17, 15) is 0 Å². The van der Waals surface area contributed by atoms with Crippen molar-refractivity contribution in [3.63, 3.8) is 0 Å². The molecule has 0 unspecified atom stereocenters. The summed E-state index contributed by atoms with van der Waals surface area (Å²) >= 11 is 1.70. The van der Waals surface area contributed by atoms with Crippen LogP contribution < -0.4 is 4.72 Å². The van der Waals surface area contributed by atoms with E-state index in [1.165, 1.54) is 37.1 Å². The third-order valence-corrected chi connectivity index (χ3v) is 4.08. The highest BCUT2D eigenvalue weighted by Crippen LogP contribution is 2.32. The summed E-state index contributed by atoms with van der Waals surface area (Å²) in [4.78, 5) is 0. The molecule has 0 spiro atoms. The Hall–Kier alpha value is -0.520. The van der Waals surface area contributed by atoms with Gasteiger partial charge in [0.1, 0.15) is 0 Å². The van der Waals surface area contributed by atoms with Crippen LogP contribution in [0.2, 0.25) is 0 Å². The zero-order valence-electron chi connectivity index (χ0n) is 10.9. The van der Waals surface area contributed by atoms with Crippen molar-refractivity contribution in [2.45, 2.75) is 44.6 Å². The van der Waals surface area contributed by atoms with Gasteiger partial charge in [-0.25, -0.2) is 9.03 Å². The highest BCUT2D eigenvalue weighted by Gasteiger charge is 2.23. The summed E-state index contributed by atoms with van der Waals surface area (Å²) in [6, 6.07) is 2.84. The lowest BCUT2D eigenvalue weighted by atomic mass is 9.84. The van der Waals surface area contributed by atoms with E-state index in [1.807, 2.05) is 0 Å². The molecule has 0 amide bonds. The van der Waals surface area contributed by atoms with Crippen LogP contribution in [0.15, 0.2) is 6.07 Å². The van der Waals surface area contributed by atoms with Crippen LogP contribution in [-0.4, -0.2) is 34.6 Å². The maximum Gasteiger partial charge on any atom is 0.0655 e. The summed E-state index contributed by atoms with van der Waals surface area (Å²) < 4.78 is 5.61. The minimum atomic E-state index is 0.652. The second-order valence-corrected chi connectivity index (χ2v) is 6.19. The molecule has 1 aromatic heterocycles. The Morgan fingerprint density at radius 1 is 1.35 bits per heavy atom. The number of aryl methyl sites for hydroxylation is 1. The zero-order valence-corrected chi connectivity index (χ0v) is 11.7. The summed E-state index contributed by atoms with van der Waals surface area (Å²) in [5, 5.41) is 7.42. The molecular formula is C12H22N4S. The van der Waals surface area contributed by atoms with Crippen molar-refractivity contribution in [3.05, 3.63) is 17.5 Å². The normalized spacial score (nSPS) is 25.4. The number of aromatic nitrogens is 2. The van der Waals surface area contributed by atoms with Crippen LogP contribution in [-0.2, 0) is 0 Å². The fraction of sp³-hybridized carbons (Fsp3) is 0.750. The minimum absolute atomic E-state index is 0.652. The summed E-state index contributed by atoms with van der Waals surface area (Å²) in [6.45, 7) is 2.07. The van der Waals surface area contributed by atoms with Gasteiger partial charge in [0.05, 0.1) is 5.69 Å². The van der Waals surface area contributed by atoms with Gasteiger partial charge in [-0.1, -0.05) is 0 Å². The fourth-order valence-corrected chi connectivity index (χ4v) is 2.93. The molecule has 1 aliphatic rings. The smallest absolute Gasteiger partial charge is 0.0655 e. The third kappa shape index (κ3) is 3.72. The first-order chi connectivity index (χ1) is 8.15. The summed E-state index contributed by atoms with van der Waals surface area (Å²) in [7, 11) is 4.13. The Morgan fingerprint density at radius 3 is 2.59 bits per heavy atom. The quantitative estimate of drug-likeness (QED) is 0.810. The number of nitrogens with zero attached hydrogens (tertiary/aromatic N) is 2. The number of hydrogen-bond donors (Lipinski definition) is 2. The van der Waals surface area contributed by atoms with Gasteiger partial charge >= 0.3 is 0 Å². The van der Waals surface area contributed by atoms with E-state index in [0.717, 1.165) is 0 Å². The van der Waals surface area contributed by atoms with Gasteiger partial charge in [-0.3, -0.25) is 5.10 Å². The van der Waals surface area contributed by atoms with Gasteiger partial charge in [-0.05, 0) is 52.8 Å². The molecule has 5 heteroatoms. The van der Waals surface area contributed by atoms with Crippen molar-refractivity contribution in [2.75, 3.05) is 14.1 Å². The first-order valence-corrected chi connectivity index (χ1v) is 7.04. The number of aromatic amines is 1. The molecule has 1 heterocycles. The molecular weight excluding hydrogens is 232 g/mol. The first kappa shape index (κ1) is 12.9. The van der Waals surface area contributed by atoms with Crippen LogP contribution in [0.5, 0.6) is 0 Å². The Labute approximate surface area is 108 Å². The molecule has 2 rings (SSSR count). The van der Waals surface area contributed by atoms with Gasteiger partial charge in [-0.2, -0.15) is 5.10 Å². The average Bonchev–Trinajstić information content (AvgIpc) is 2.74. The zero-order chi connectivity index (χ0) is 12.3. The van der Waals surface area contributed by atoms with Crippen molar-refractivity contribution in [2.24, 2.45) is 0 Å². The van der Waals surface area contributed by atoms with Crippen molar-refractivity contribution in [1.82, 2.24) is 19.2 Å². The van der Waals surface area contributed by atoms with Crippen LogP contribution >= 0.6 is 12.1 Å². The monoisotopic (exact) mass is 254 g/mol. The topological polar surface area (TPSA) is 44.0 Å². The average molecular weight is 254 g/mol. The number of nitrogens with one attached hydrogen (secondary N) is 2. The predicted molar refractivity (Wildman–Crippen MR) is 72.7 cm³/mol. The summed E-state index contributed by atoms with van der Waals surface area (Å²) in [6.07, 6.45) is 4.99. The maximum absolute atomic E-state index is 4.38. The number of H-pyrrole nitrogens is 1. The van der Waals surface area contributed by atoms with Crippen molar-refractivity contribution < 1.29 is 0 Å². The SMILES string of the molecule is Cc1cc(C2CCC(NSN(C)C)CC2)n[nH]1. The fourth-order valence-electron chi connectivity index (χ4n) is 2.34. The van der Waals surface area contributed by atoms with Gasteiger partial charge in [0.2, 0.25) is 0 Å². The maximum atomic E-state index is 4.38. The van der Waals surface area contributed by atoms with Crippen LogP contribution in [0.4, 0.5) is 0 Å².